The third kappa shape index (κ3) is 5.74. The van der Waals surface area contributed by atoms with Gasteiger partial charge in [0.1, 0.15) is 0 Å². The van der Waals surface area contributed by atoms with E-state index in [1.807, 2.05) is 0 Å². The maximum Gasteiger partial charge on any atom is 0.271 e. The zero-order valence-corrected chi connectivity index (χ0v) is 22.4. The fourth-order valence-corrected chi connectivity index (χ4v) is 5.74. The number of ether oxygens (including phenoxy) is 2. The number of benzene rings is 4. The number of hydrazone groups is 1. The van der Waals surface area contributed by atoms with Gasteiger partial charge in [0.15, 0.2) is 11.5 Å². The number of nitrogens with zero attached hydrogens (tertiary/aromatic N) is 2. The second-order valence-corrected chi connectivity index (χ2v) is 11.0. The number of amides is 1. The standard InChI is InChI=1S/C29H24ClN3O5S/c1-20-25(30)8-5-9-26(20)33(39(35,36)24-6-3-2-4-7-24)18-21-10-13-23(14-11-21)29(34)32-31-17-22-12-15-27-28(16-22)38-19-37-27/h2-17H,18-19H2,1H3,(H,32,34)/b31-17-. The summed E-state index contributed by atoms with van der Waals surface area (Å²) in [6.45, 7) is 2.00. The lowest BCUT2D eigenvalue weighted by Gasteiger charge is -2.26. The van der Waals surface area contributed by atoms with Gasteiger partial charge >= 0.3 is 0 Å². The Kier molecular flexibility index (Phi) is 7.53. The molecule has 0 fully saturated rings. The summed E-state index contributed by atoms with van der Waals surface area (Å²) in [4.78, 5) is 12.8. The molecule has 0 spiro atoms. The summed E-state index contributed by atoms with van der Waals surface area (Å²) >= 11 is 6.33. The van der Waals surface area contributed by atoms with Gasteiger partial charge in [-0.2, -0.15) is 5.10 Å². The van der Waals surface area contributed by atoms with E-state index in [4.69, 9.17) is 21.1 Å². The van der Waals surface area contributed by atoms with Gasteiger partial charge in [0.05, 0.1) is 23.3 Å². The van der Waals surface area contributed by atoms with Crippen LogP contribution in [0.25, 0.3) is 0 Å². The molecule has 10 heteroatoms. The lowest BCUT2D eigenvalue weighted by molar-refractivity contribution is 0.0955. The van der Waals surface area contributed by atoms with Gasteiger partial charge < -0.3 is 9.47 Å². The number of hydrogen-bond donors (Lipinski definition) is 1. The van der Waals surface area contributed by atoms with E-state index in [1.54, 1.807) is 97.9 Å². The fraction of sp³-hybridized carbons (Fsp3) is 0.103. The summed E-state index contributed by atoms with van der Waals surface area (Å²) in [6.07, 6.45) is 1.51. The van der Waals surface area contributed by atoms with Crippen LogP contribution >= 0.6 is 11.6 Å². The molecule has 1 aliphatic heterocycles. The Labute approximate surface area is 231 Å². The molecule has 1 N–H and O–H groups in total. The Bertz CT molecular complexity index is 1640. The second-order valence-electron chi connectivity index (χ2n) is 8.72. The molecule has 198 valence electrons. The van der Waals surface area contributed by atoms with Gasteiger partial charge in [-0.3, -0.25) is 9.10 Å². The Morgan fingerprint density at radius 1 is 0.974 bits per heavy atom. The van der Waals surface area contributed by atoms with Crippen LogP contribution in [-0.2, 0) is 16.6 Å². The van der Waals surface area contributed by atoms with Gasteiger partial charge in [-0.05, 0) is 78.2 Å². The van der Waals surface area contributed by atoms with E-state index < -0.39 is 15.9 Å². The zero-order valence-electron chi connectivity index (χ0n) is 20.9. The molecule has 0 saturated heterocycles. The Balaban J connectivity index is 1.33. The first-order chi connectivity index (χ1) is 18.8. The number of hydrogen-bond acceptors (Lipinski definition) is 6. The number of fused-ring (bicyclic) bond motifs is 1. The first-order valence-electron chi connectivity index (χ1n) is 12.0. The van der Waals surface area contributed by atoms with Crippen LogP contribution in [0.1, 0.15) is 27.0 Å². The van der Waals surface area contributed by atoms with E-state index in [2.05, 4.69) is 10.5 Å². The van der Waals surface area contributed by atoms with E-state index in [9.17, 15) is 13.2 Å². The molecule has 1 amide bonds. The number of carbonyl (C=O) groups is 1. The molecular formula is C29H24ClN3O5S. The van der Waals surface area contributed by atoms with Gasteiger partial charge in [-0.25, -0.2) is 13.8 Å². The number of rotatable bonds is 8. The lowest BCUT2D eigenvalue weighted by Crippen LogP contribution is -2.31. The van der Waals surface area contributed by atoms with Crippen molar-refractivity contribution in [2.45, 2.75) is 18.4 Å². The van der Waals surface area contributed by atoms with Crippen LogP contribution < -0.4 is 19.2 Å². The summed E-state index contributed by atoms with van der Waals surface area (Å²) in [5, 5.41) is 4.48. The molecule has 0 atom stereocenters. The molecule has 39 heavy (non-hydrogen) atoms. The minimum Gasteiger partial charge on any atom is -0.454 e. The van der Waals surface area contributed by atoms with Crippen molar-refractivity contribution >= 4 is 39.4 Å². The number of sulfonamides is 1. The topological polar surface area (TPSA) is 97.3 Å². The van der Waals surface area contributed by atoms with Gasteiger partial charge in [-0.1, -0.05) is 48.0 Å². The van der Waals surface area contributed by atoms with Crippen LogP contribution in [-0.4, -0.2) is 27.3 Å². The van der Waals surface area contributed by atoms with Crippen molar-refractivity contribution in [3.05, 3.63) is 118 Å². The minimum absolute atomic E-state index is 0.0442. The summed E-state index contributed by atoms with van der Waals surface area (Å²) in [6, 6.07) is 25.4. The van der Waals surface area contributed by atoms with Crippen LogP contribution in [0.4, 0.5) is 5.69 Å². The minimum atomic E-state index is -3.90. The highest BCUT2D eigenvalue weighted by Crippen LogP contribution is 2.33. The van der Waals surface area contributed by atoms with E-state index in [1.165, 1.54) is 10.5 Å². The number of halogens is 1. The molecular weight excluding hydrogens is 538 g/mol. The van der Waals surface area contributed by atoms with Crippen molar-refractivity contribution in [1.82, 2.24) is 5.43 Å². The van der Waals surface area contributed by atoms with Crippen LogP contribution in [0, 0.1) is 6.92 Å². The second kappa shape index (κ2) is 11.2. The van der Waals surface area contributed by atoms with Crippen LogP contribution in [0.2, 0.25) is 5.02 Å². The highest BCUT2D eigenvalue weighted by atomic mass is 35.5. The van der Waals surface area contributed by atoms with Crippen molar-refractivity contribution in [1.29, 1.82) is 0 Å². The molecule has 1 heterocycles. The summed E-state index contributed by atoms with van der Waals surface area (Å²) in [7, 11) is -3.90. The van der Waals surface area contributed by atoms with Crippen molar-refractivity contribution in [3.63, 3.8) is 0 Å². The Hall–Kier alpha value is -4.34. The average Bonchev–Trinajstić information content (AvgIpc) is 3.42. The number of carbonyl (C=O) groups excluding carboxylic acids is 1. The number of anilines is 1. The number of nitrogens with one attached hydrogen (secondary N) is 1. The molecule has 0 aliphatic carbocycles. The molecule has 1 aliphatic rings. The van der Waals surface area contributed by atoms with Gasteiger partial charge in [0, 0.05) is 10.6 Å². The predicted molar refractivity (Wildman–Crippen MR) is 150 cm³/mol. The molecule has 0 bridgehead atoms. The molecule has 5 rings (SSSR count). The van der Waals surface area contributed by atoms with Gasteiger partial charge in [0.25, 0.3) is 15.9 Å². The first-order valence-corrected chi connectivity index (χ1v) is 13.8. The fourth-order valence-electron chi connectivity index (χ4n) is 4.04. The molecule has 4 aromatic rings. The maximum atomic E-state index is 13.7. The highest BCUT2D eigenvalue weighted by Gasteiger charge is 2.27. The summed E-state index contributed by atoms with van der Waals surface area (Å²) < 4.78 is 39.3. The van der Waals surface area contributed by atoms with Crippen LogP contribution in [0.15, 0.2) is 101 Å². The molecule has 0 aromatic heterocycles. The monoisotopic (exact) mass is 561 g/mol. The Morgan fingerprint density at radius 3 is 2.49 bits per heavy atom. The molecule has 4 aromatic carbocycles. The quantitative estimate of drug-likeness (QED) is 0.225. The third-order valence-corrected chi connectivity index (χ3v) is 8.34. The van der Waals surface area contributed by atoms with Crippen molar-refractivity contribution in [2.75, 3.05) is 11.1 Å². The van der Waals surface area contributed by atoms with Crippen molar-refractivity contribution < 1.29 is 22.7 Å². The summed E-state index contributed by atoms with van der Waals surface area (Å²) in [5.41, 5.74) is 5.43. The molecule has 0 saturated carbocycles. The van der Waals surface area contributed by atoms with Crippen LogP contribution in [0.5, 0.6) is 11.5 Å². The first kappa shape index (κ1) is 26.3. The van der Waals surface area contributed by atoms with E-state index in [-0.39, 0.29) is 18.2 Å². The highest BCUT2D eigenvalue weighted by molar-refractivity contribution is 7.92. The van der Waals surface area contributed by atoms with Gasteiger partial charge in [-0.15, -0.1) is 0 Å². The maximum absolute atomic E-state index is 13.7. The summed E-state index contributed by atoms with van der Waals surface area (Å²) in [5.74, 6) is 0.882. The normalized spacial score (nSPS) is 12.5. The van der Waals surface area contributed by atoms with E-state index in [0.29, 0.717) is 38.9 Å². The molecule has 8 nitrogen and oxygen atoms in total. The van der Waals surface area contributed by atoms with Gasteiger partial charge in [0.2, 0.25) is 6.79 Å². The van der Waals surface area contributed by atoms with E-state index >= 15 is 0 Å². The smallest absolute Gasteiger partial charge is 0.271 e. The largest absolute Gasteiger partial charge is 0.454 e. The van der Waals surface area contributed by atoms with E-state index in [0.717, 1.165) is 5.56 Å². The molecule has 0 unspecified atom stereocenters. The predicted octanol–water partition coefficient (Wildman–Crippen LogP) is 5.54. The van der Waals surface area contributed by atoms with Crippen LogP contribution in [0.3, 0.4) is 0 Å². The van der Waals surface area contributed by atoms with Crippen molar-refractivity contribution in [3.8, 4) is 11.5 Å². The molecule has 0 radical (unpaired) electrons. The lowest BCUT2D eigenvalue weighted by atomic mass is 10.1. The average molecular weight is 562 g/mol. The SMILES string of the molecule is Cc1c(Cl)cccc1N(Cc1ccc(C(=O)N/N=C\c2ccc3c(c2)OCO3)cc1)S(=O)(=O)c1ccccc1. The Morgan fingerprint density at radius 2 is 1.72 bits per heavy atom. The van der Waals surface area contributed by atoms with Crippen molar-refractivity contribution in [2.24, 2.45) is 5.10 Å². The zero-order chi connectivity index (χ0) is 27.4. The third-order valence-electron chi connectivity index (χ3n) is 6.16.